The van der Waals surface area contributed by atoms with Crippen molar-refractivity contribution in [1.82, 2.24) is 5.32 Å². The lowest BCUT2D eigenvalue weighted by atomic mass is 10.0. The molecule has 0 spiro atoms. The molecule has 0 bridgehead atoms. The first-order valence-electron chi connectivity index (χ1n) is 5.40. The van der Waals surface area contributed by atoms with Crippen LogP contribution < -0.4 is 5.32 Å². The minimum Gasteiger partial charge on any atom is -0.467 e. The number of ether oxygens (including phenoxy) is 1. The summed E-state index contributed by atoms with van der Waals surface area (Å²) in [6, 6.07) is 1.02. The summed E-state index contributed by atoms with van der Waals surface area (Å²) in [6.07, 6.45) is 1.44. The predicted octanol–water partition coefficient (Wildman–Crippen LogP) is 1.52. The van der Waals surface area contributed by atoms with Crippen molar-refractivity contribution in [2.45, 2.75) is 26.8 Å². The molecule has 1 aromatic heterocycles. The smallest absolute Gasteiger partial charge is 0.328 e. The van der Waals surface area contributed by atoms with Gasteiger partial charge in [0.15, 0.2) is 5.76 Å². The van der Waals surface area contributed by atoms with Gasteiger partial charge in [0, 0.05) is 5.56 Å². The number of aryl methyl sites for hydroxylation is 1. The first-order valence-corrected chi connectivity index (χ1v) is 5.40. The lowest BCUT2D eigenvalue weighted by Gasteiger charge is -2.19. The van der Waals surface area contributed by atoms with Crippen molar-refractivity contribution >= 4 is 11.9 Å². The predicted molar refractivity (Wildman–Crippen MR) is 61.6 cm³/mol. The first-order chi connectivity index (χ1) is 7.97. The molecule has 5 nitrogen and oxygen atoms in total. The lowest BCUT2D eigenvalue weighted by molar-refractivity contribution is -0.144. The van der Waals surface area contributed by atoms with Crippen molar-refractivity contribution in [3.05, 3.63) is 23.7 Å². The van der Waals surface area contributed by atoms with Crippen LogP contribution in [0.25, 0.3) is 0 Å². The Morgan fingerprint density at radius 1 is 1.41 bits per heavy atom. The summed E-state index contributed by atoms with van der Waals surface area (Å²) < 4.78 is 9.69. The Bertz CT molecular complexity index is 408. The number of esters is 1. The maximum atomic E-state index is 11.8. The number of carbonyl (C=O) groups excluding carboxylic acids is 2. The van der Waals surface area contributed by atoms with Crippen LogP contribution in [-0.2, 0) is 9.53 Å². The number of nitrogens with one attached hydrogen (secondary N) is 1. The minimum atomic E-state index is -0.669. The fourth-order valence-corrected chi connectivity index (χ4v) is 1.44. The molecule has 0 saturated carbocycles. The first kappa shape index (κ1) is 13.3. The molecule has 1 aromatic rings. The Kier molecular flexibility index (Phi) is 4.31. The van der Waals surface area contributed by atoms with E-state index in [9.17, 15) is 9.59 Å². The summed E-state index contributed by atoms with van der Waals surface area (Å²) in [5, 5.41) is 2.60. The van der Waals surface area contributed by atoms with E-state index in [2.05, 4.69) is 10.1 Å². The summed E-state index contributed by atoms with van der Waals surface area (Å²) in [7, 11) is 1.29. The van der Waals surface area contributed by atoms with E-state index in [0.29, 0.717) is 0 Å². The highest BCUT2D eigenvalue weighted by Crippen LogP contribution is 2.10. The Balaban J connectivity index is 2.78. The molecule has 1 atom stereocenters. The van der Waals surface area contributed by atoms with Crippen molar-refractivity contribution in [3.63, 3.8) is 0 Å². The average Bonchev–Trinajstić information content (AvgIpc) is 2.70. The monoisotopic (exact) mass is 239 g/mol. The largest absolute Gasteiger partial charge is 0.467 e. The SMILES string of the molecule is COC(=O)C(NC(=O)c1occc1C)C(C)C. The highest BCUT2D eigenvalue weighted by Gasteiger charge is 2.26. The van der Waals surface area contributed by atoms with Crippen LogP contribution in [-0.4, -0.2) is 25.0 Å². The number of amides is 1. The molecule has 0 aliphatic carbocycles. The second-order valence-corrected chi connectivity index (χ2v) is 4.15. The zero-order valence-electron chi connectivity index (χ0n) is 10.4. The van der Waals surface area contributed by atoms with Crippen LogP contribution in [0.2, 0.25) is 0 Å². The van der Waals surface area contributed by atoms with Gasteiger partial charge in [-0.1, -0.05) is 13.8 Å². The average molecular weight is 239 g/mol. The second-order valence-electron chi connectivity index (χ2n) is 4.15. The van der Waals surface area contributed by atoms with Crippen molar-refractivity contribution in [2.24, 2.45) is 5.92 Å². The third kappa shape index (κ3) is 3.09. The van der Waals surface area contributed by atoms with Crippen LogP contribution in [0, 0.1) is 12.8 Å². The normalized spacial score (nSPS) is 12.3. The van der Waals surface area contributed by atoms with E-state index in [4.69, 9.17) is 4.42 Å². The molecule has 0 aromatic carbocycles. The fourth-order valence-electron chi connectivity index (χ4n) is 1.44. The molecule has 1 N–H and O–H groups in total. The molecular weight excluding hydrogens is 222 g/mol. The van der Waals surface area contributed by atoms with Crippen molar-refractivity contribution in [1.29, 1.82) is 0 Å². The molecule has 1 rings (SSSR count). The maximum Gasteiger partial charge on any atom is 0.328 e. The van der Waals surface area contributed by atoms with Gasteiger partial charge in [-0.2, -0.15) is 0 Å². The maximum absolute atomic E-state index is 11.8. The molecule has 1 amide bonds. The van der Waals surface area contributed by atoms with Gasteiger partial charge in [-0.3, -0.25) is 4.79 Å². The van der Waals surface area contributed by atoms with Crippen LogP contribution in [0.4, 0.5) is 0 Å². The van der Waals surface area contributed by atoms with Gasteiger partial charge in [0.25, 0.3) is 5.91 Å². The number of hydrogen-bond donors (Lipinski definition) is 1. The van der Waals surface area contributed by atoms with E-state index in [1.54, 1.807) is 13.0 Å². The van der Waals surface area contributed by atoms with Gasteiger partial charge in [0.05, 0.1) is 13.4 Å². The van der Waals surface area contributed by atoms with Gasteiger partial charge >= 0.3 is 5.97 Å². The van der Waals surface area contributed by atoms with E-state index in [-0.39, 0.29) is 11.7 Å². The molecule has 1 unspecified atom stereocenters. The Morgan fingerprint density at radius 2 is 2.06 bits per heavy atom. The Hall–Kier alpha value is -1.78. The molecular formula is C12H17NO4. The zero-order valence-corrected chi connectivity index (χ0v) is 10.4. The number of methoxy groups -OCH3 is 1. The lowest BCUT2D eigenvalue weighted by Crippen LogP contribution is -2.45. The van der Waals surface area contributed by atoms with Crippen LogP contribution >= 0.6 is 0 Å². The number of carbonyl (C=O) groups is 2. The van der Waals surface area contributed by atoms with E-state index < -0.39 is 17.9 Å². The summed E-state index contributed by atoms with van der Waals surface area (Å²) in [4.78, 5) is 23.3. The van der Waals surface area contributed by atoms with Crippen LogP contribution in [0.15, 0.2) is 16.7 Å². The molecule has 5 heteroatoms. The van der Waals surface area contributed by atoms with Crippen molar-refractivity contribution in [2.75, 3.05) is 7.11 Å². The van der Waals surface area contributed by atoms with Gasteiger partial charge in [-0.05, 0) is 18.9 Å². The molecule has 94 valence electrons. The molecule has 0 aliphatic rings. The van der Waals surface area contributed by atoms with Gasteiger partial charge in [0.1, 0.15) is 6.04 Å². The second kappa shape index (κ2) is 5.52. The summed E-state index contributed by atoms with van der Waals surface area (Å²) >= 11 is 0. The van der Waals surface area contributed by atoms with E-state index in [0.717, 1.165) is 5.56 Å². The van der Waals surface area contributed by atoms with E-state index >= 15 is 0 Å². The van der Waals surface area contributed by atoms with Crippen molar-refractivity contribution < 1.29 is 18.7 Å². The van der Waals surface area contributed by atoms with Gasteiger partial charge in [-0.15, -0.1) is 0 Å². The third-order valence-electron chi connectivity index (χ3n) is 2.48. The zero-order chi connectivity index (χ0) is 13.0. The van der Waals surface area contributed by atoms with Gasteiger partial charge in [-0.25, -0.2) is 4.79 Å². The summed E-state index contributed by atoms with van der Waals surface area (Å²) in [5.41, 5.74) is 0.731. The molecule has 0 radical (unpaired) electrons. The molecule has 0 fully saturated rings. The Labute approximate surface area is 100 Å². The quantitative estimate of drug-likeness (QED) is 0.809. The molecule has 0 aliphatic heterocycles. The Morgan fingerprint density at radius 3 is 2.47 bits per heavy atom. The number of furan rings is 1. The van der Waals surface area contributed by atoms with E-state index in [1.165, 1.54) is 13.4 Å². The van der Waals surface area contributed by atoms with Gasteiger partial charge < -0.3 is 14.5 Å². The van der Waals surface area contributed by atoms with E-state index in [1.807, 2.05) is 13.8 Å². The van der Waals surface area contributed by atoms with Crippen molar-refractivity contribution in [3.8, 4) is 0 Å². The standard InChI is InChI=1S/C12H17NO4/c1-7(2)9(12(15)16-4)13-11(14)10-8(3)5-6-17-10/h5-7,9H,1-4H3,(H,13,14). The highest BCUT2D eigenvalue weighted by atomic mass is 16.5. The van der Waals surface area contributed by atoms with Gasteiger partial charge in [0.2, 0.25) is 0 Å². The minimum absolute atomic E-state index is 0.0540. The molecule has 17 heavy (non-hydrogen) atoms. The topological polar surface area (TPSA) is 68.5 Å². The fraction of sp³-hybridized carbons (Fsp3) is 0.500. The molecule has 1 heterocycles. The number of hydrogen-bond acceptors (Lipinski definition) is 4. The van der Waals surface area contributed by atoms with Crippen LogP contribution in [0.1, 0.15) is 30.0 Å². The molecule has 0 saturated heterocycles. The third-order valence-corrected chi connectivity index (χ3v) is 2.48. The van der Waals surface area contributed by atoms with Crippen LogP contribution in [0.3, 0.4) is 0 Å². The summed E-state index contributed by atoms with van der Waals surface area (Å²) in [6.45, 7) is 5.43. The number of rotatable bonds is 4. The van der Waals surface area contributed by atoms with Crippen LogP contribution in [0.5, 0.6) is 0 Å². The highest BCUT2D eigenvalue weighted by molar-refractivity contribution is 5.95. The summed E-state index contributed by atoms with van der Waals surface area (Å²) in [5.74, 6) is -0.699.